The van der Waals surface area contributed by atoms with Crippen molar-refractivity contribution in [3.63, 3.8) is 0 Å². The van der Waals surface area contributed by atoms with Crippen molar-refractivity contribution in [1.29, 1.82) is 0 Å². The summed E-state index contributed by atoms with van der Waals surface area (Å²) in [5.41, 5.74) is 1.82. The molecule has 0 aliphatic rings. The molecule has 1 N–H and O–H groups in total. The second kappa shape index (κ2) is 6.52. The number of imidazole rings is 1. The van der Waals surface area contributed by atoms with Crippen molar-refractivity contribution in [3.8, 4) is 0 Å². The smallest absolute Gasteiger partial charge is 0.322 e. The van der Waals surface area contributed by atoms with E-state index in [9.17, 15) is 4.79 Å². The highest BCUT2D eigenvalue weighted by Gasteiger charge is 2.20. The molecule has 0 saturated heterocycles. The Morgan fingerprint density at radius 1 is 1.45 bits per heavy atom. The van der Waals surface area contributed by atoms with Gasteiger partial charge in [-0.15, -0.1) is 0 Å². The minimum absolute atomic E-state index is 0.220. The number of ether oxygens (including phenoxy) is 1. The summed E-state index contributed by atoms with van der Waals surface area (Å²) in [4.78, 5) is 16.2. The van der Waals surface area contributed by atoms with Crippen LogP contribution in [0.25, 0.3) is 5.65 Å². The minimum Gasteiger partial charge on any atom is -0.468 e. The molecule has 5 heteroatoms. The van der Waals surface area contributed by atoms with Gasteiger partial charge in [-0.25, -0.2) is 4.98 Å². The number of methoxy groups -OCH3 is 1. The number of carbonyl (C=O) groups excluding carboxylic acids is 1. The van der Waals surface area contributed by atoms with Crippen LogP contribution in [0.4, 0.5) is 0 Å². The average molecular weight is 275 g/mol. The number of fused-ring (bicyclic) bond motifs is 1. The molecule has 108 valence electrons. The third kappa shape index (κ3) is 3.57. The molecular formula is C15H21N3O2. The molecule has 0 saturated carbocycles. The van der Waals surface area contributed by atoms with Gasteiger partial charge in [0.25, 0.3) is 0 Å². The summed E-state index contributed by atoms with van der Waals surface area (Å²) in [7, 11) is 1.42. The highest BCUT2D eigenvalue weighted by atomic mass is 16.5. The number of carbonyl (C=O) groups is 1. The standard InChI is InChI=1S/C15H21N3O2/c1-11(2)8-13(15(19)20-3)16-9-12-10-18-7-5-4-6-14(18)17-12/h4-7,10-11,13,16H,8-9H2,1-3H3. The van der Waals surface area contributed by atoms with Crippen LogP contribution < -0.4 is 5.32 Å². The molecule has 2 aromatic rings. The third-order valence-electron chi connectivity index (χ3n) is 3.14. The third-order valence-corrected chi connectivity index (χ3v) is 3.14. The summed E-state index contributed by atoms with van der Waals surface area (Å²) in [6, 6.07) is 5.58. The number of aromatic nitrogens is 2. The molecule has 1 atom stereocenters. The minimum atomic E-state index is -0.287. The van der Waals surface area contributed by atoms with Crippen LogP contribution in [0.1, 0.15) is 26.0 Å². The van der Waals surface area contributed by atoms with Crippen LogP contribution in [-0.2, 0) is 16.1 Å². The van der Waals surface area contributed by atoms with E-state index in [-0.39, 0.29) is 12.0 Å². The van der Waals surface area contributed by atoms with Crippen LogP contribution in [0.15, 0.2) is 30.6 Å². The van der Waals surface area contributed by atoms with Crippen molar-refractivity contribution >= 4 is 11.6 Å². The van der Waals surface area contributed by atoms with Crippen LogP contribution in [0, 0.1) is 5.92 Å². The Morgan fingerprint density at radius 3 is 2.90 bits per heavy atom. The highest BCUT2D eigenvalue weighted by Crippen LogP contribution is 2.08. The lowest BCUT2D eigenvalue weighted by atomic mass is 10.0. The summed E-state index contributed by atoms with van der Waals surface area (Å²) in [6.07, 6.45) is 4.67. The van der Waals surface area contributed by atoms with E-state index in [1.807, 2.05) is 35.0 Å². The Kier molecular flexibility index (Phi) is 4.74. The lowest BCUT2D eigenvalue weighted by molar-refractivity contribution is -0.143. The van der Waals surface area contributed by atoms with Crippen LogP contribution in [-0.4, -0.2) is 28.5 Å². The van der Waals surface area contributed by atoms with E-state index in [0.29, 0.717) is 12.5 Å². The fourth-order valence-electron chi connectivity index (χ4n) is 2.18. The number of pyridine rings is 1. The van der Waals surface area contributed by atoms with Gasteiger partial charge in [0, 0.05) is 18.9 Å². The molecule has 0 radical (unpaired) electrons. The summed E-state index contributed by atoms with van der Waals surface area (Å²) in [6.45, 7) is 4.72. The van der Waals surface area contributed by atoms with E-state index >= 15 is 0 Å². The number of nitrogens with one attached hydrogen (secondary N) is 1. The molecular weight excluding hydrogens is 254 g/mol. The number of nitrogens with zero attached hydrogens (tertiary/aromatic N) is 2. The summed E-state index contributed by atoms with van der Waals surface area (Å²) in [5.74, 6) is 0.204. The normalized spacial score (nSPS) is 12.8. The predicted octanol–water partition coefficient (Wildman–Crippen LogP) is 2.01. The first kappa shape index (κ1) is 14.5. The van der Waals surface area contributed by atoms with E-state index in [4.69, 9.17) is 4.74 Å². The SMILES string of the molecule is COC(=O)C(CC(C)C)NCc1cn2ccccc2n1. The van der Waals surface area contributed by atoms with E-state index in [2.05, 4.69) is 24.1 Å². The average Bonchev–Trinajstić information content (AvgIpc) is 2.84. The topological polar surface area (TPSA) is 55.6 Å². The molecule has 0 aliphatic heterocycles. The Hall–Kier alpha value is -1.88. The van der Waals surface area contributed by atoms with E-state index in [0.717, 1.165) is 17.8 Å². The zero-order chi connectivity index (χ0) is 14.5. The van der Waals surface area contributed by atoms with Gasteiger partial charge >= 0.3 is 5.97 Å². The largest absolute Gasteiger partial charge is 0.468 e. The molecule has 0 fully saturated rings. The van der Waals surface area contributed by atoms with Crippen molar-refractivity contribution < 1.29 is 9.53 Å². The fraction of sp³-hybridized carbons (Fsp3) is 0.467. The van der Waals surface area contributed by atoms with E-state index < -0.39 is 0 Å². The van der Waals surface area contributed by atoms with Gasteiger partial charge in [-0.2, -0.15) is 0 Å². The molecule has 2 rings (SSSR count). The maximum absolute atomic E-state index is 11.7. The summed E-state index contributed by atoms with van der Waals surface area (Å²) >= 11 is 0. The number of esters is 1. The van der Waals surface area contributed by atoms with Gasteiger partial charge < -0.3 is 9.14 Å². The summed E-state index contributed by atoms with van der Waals surface area (Å²) < 4.78 is 6.80. The molecule has 2 heterocycles. The number of hydrogen-bond donors (Lipinski definition) is 1. The van der Waals surface area contributed by atoms with Crippen LogP contribution in [0.3, 0.4) is 0 Å². The van der Waals surface area contributed by atoms with Gasteiger partial charge in [-0.1, -0.05) is 19.9 Å². The van der Waals surface area contributed by atoms with Gasteiger partial charge in [0.05, 0.1) is 12.8 Å². The molecule has 2 aromatic heterocycles. The fourth-order valence-corrected chi connectivity index (χ4v) is 2.18. The molecule has 0 aromatic carbocycles. The molecule has 0 spiro atoms. The zero-order valence-corrected chi connectivity index (χ0v) is 12.2. The van der Waals surface area contributed by atoms with Gasteiger partial charge in [-0.3, -0.25) is 10.1 Å². The molecule has 0 bridgehead atoms. The molecule has 1 unspecified atom stereocenters. The van der Waals surface area contributed by atoms with E-state index in [1.54, 1.807) is 0 Å². The van der Waals surface area contributed by atoms with Crippen molar-refractivity contribution in [2.75, 3.05) is 7.11 Å². The van der Waals surface area contributed by atoms with Crippen molar-refractivity contribution in [2.24, 2.45) is 5.92 Å². The monoisotopic (exact) mass is 275 g/mol. The second-order valence-electron chi connectivity index (χ2n) is 5.28. The van der Waals surface area contributed by atoms with Gasteiger partial charge in [0.2, 0.25) is 0 Å². The lowest BCUT2D eigenvalue weighted by Gasteiger charge is -2.17. The molecule has 20 heavy (non-hydrogen) atoms. The zero-order valence-electron chi connectivity index (χ0n) is 12.2. The van der Waals surface area contributed by atoms with Crippen LogP contribution in [0.2, 0.25) is 0 Å². The van der Waals surface area contributed by atoms with Crippen molar-refractivity contribution in [1.82, 2.24) is 14.7 Å². The number of rotatable bonds is 6. The first-order valence-corrected chi connectivity index (χ1v) is 6.84. The lowest BCUT2D eigenvalue weighted by Crippen LogP contribution is -2.38. The van der Waals surface area contributed by atoms with Gasteiger partial charge in [-0.05, 0) is 24.5 Å². The van der Waals surface area contributed by atoms with Gasteiger partial charge in [0.1, 0.15) is 11.7 Å². The maximum Gasteiger partial charge on any atom is 0.322 e. The predicted molar refractivity (Wildman–Crippen MR) is 77.3 cm³/mol. The maximum atomic E-state index is 11.7. The summed E-state index contributed by atoms with van der Waals surface area (Å²) in [5, 5.41) is 3.23. The quantitative estimate of drug-likeness (QED) is 0.819. The Morgan fingerprint density at radius 2 is 2.25 bits per heavy atom. The van der Waals surface area contributed by atoms with E-state index in [1.165, 1.54) is 7.11 Å². The Bertz CT molecular complexity index is 544. The van der Waals surface area contributed by atoms with Crippen LogP contribution in [0.5, 0.6) is 0 Å². The Balaban J connectivity index is 2.02. The van der Waals surface area contributed by atoms with Crippen molar-refractivity contribution in [2.45, 2.75) is 32.9 Å². The van der Waals surface area contributed by atoms with Crippen molar-refractivity contribution in [3.05, 3.63) is 36.3 Å². The first-order valence-electron chi connectivity index (χ1n) is 6.84. The Labute approximate surface area is 119 Å². The highest BCUT2D eigenvalue weighted by molar-refractivity contribution is 5.75. The molecule has 0 aliphatic carbocycles. The second-order valence-corrected chi connectivity index (χ2v) is 5.28. The number of hydrogen-bond acceptors (Lipinski definition) is 4. The van der Waals surface area contributed by atoms with Crippen LogP contribution >= 0.6 is 0 Å². The molecule has 0 amide bonds. The first-order chi connectivity index (χ1) is 9.60. The molecule has 5 nitrogen and oxygen atoms in total. The van der Waals surface area contributed by atoms with Gasteiger partial charge in [0.15, 0.2) is 0 Å².